The second kappa shape index (κ2) is 10.7. The number of nitrogens with zero attached hydrogens (tertiary/aromatic N) is 1. The van der Waals surface area contributed by atoms with E-state index in [2.05, 4.69) is 28.1 Å². The minimum Gasteiger partial charge on any atom is -0.359 e. The average Bonchev–Trinajstić information content (AvgIpc) is 2.44. The number of carbonyl (C=O) groups is 2. The zero-order valence-electron chi connectivity index (χ0n) is 12.3. The molecule has 0 aromatic rings. The van der Waals surface area contributed by atoms with Crippen molar-refractivity contribution in [3.05, 3.63) is 6.92 Å². The van der Waals surface area contributed by atoms with Crippen LogP contribution in [0.1, 0.15) is 25.7 Å². The number of urea groups is 1. The second-order valence-electron chi connectivity index (χ2n) is 5.10. The van der Waals surface area contributed by atoms with Crippen LogP contribution in [0.25, 0.3) is 0 Å². The van der Waals surface area contributed by atoms with Gasteiger partial charge in [-0.05, 0) is 31.6 Å². The SMILES string of the molecule is [CH2-][C@H](N)/C=N/NC(=O)NCC1CCC(C(=O)NC)CC1.[W]. The molecule has 0 aromatic carbocycles. The molecule has 120 valence electrons. The molecule has 0 aromatic heterocycles. The summed E-state index contributed by atoms with van der Waals surface area (Å²) in [4.78, 5) is 22.9. The summed E-state index contributed by atoms with van der Waals surface area (Å²) in [5.41, 5.74) is 7.68. The Hall–Kier alpha value is -0.942. The molecule has 1 rings (SSSR count). The Labute approximate surface area is 140 Å². The van der Waals surface area contributed by atoms with Gasteiger partial charge in [0.15, 0.2) is 0 Å². The van der Waals surface area contributed by atoms with Gasteiger partial charge in [0.2, 0.25) is 5.91 Å². The molecule has 21 heavy (non-hydrogen) atoms. The van der Waals surface area contributed by atoms with E-state index < -0.39 is 6.04 Å². The number of carbonyl (C=O) groups excluding carboxylic acids is 2. The summed E-state index contributed by atoms with van der Waals surface area (Å²) in [5, 5.41) is 9.09. The van der Waals surface area contributed by atoms with Gasteiger partial charge in [-0.2, -0.15) is 5.10 Å². The molecule has 0 radical (unpaired) electrons. The van der Waals surface area contributed by atoms with Gasteiger partial charge in [-0.25, -0.2) is 10.2 Å². The third-order valence-corrected chi connectivity index (χ3v) is 3.45. The minimum atomic E-state index is -0.435. The number of hydrazone groups is 1. The van der Waals surface area contributed by atoms with E-state index in [4.69, 9.17) is 5.73 Å². The standard InChI is InChI=1S/C13H24N5O2.W/c1-9(14)7-17-18-13(20)16-8-10-3-5-11(6-4-10)12(19)15-2;/h7,9-11H,1,3-6,8,14H2,2H3,(H,15,19)(H2,16,18,20);/q-1;/b17-7+;/t9-,10?,11?;/m0./s1. The van der Waals surface area contributed by atoms with Crippen molar-refractivity contribution in [2.75, 3.05) is 13.6 Å². The predicted molar refractivity (Wildman–Crippen MR) is 77.9 cm³/mol. The number of rotatable bonds is 5. The largest absolute Gasteiger partial charge is 0.359 e. The van der Waals surface area contributed by atoms with Crippen molar-refractivity contribution >= 4 is 18.2 Å². The van der Waals surface area contributed by atoms with Crippen LogP contribution in [0.4, 0.5) is 4.79 Å². The molecule has 1 aliphatic carbocycles. The number of nitrogens with one attached hydrogen (secondary N) is 3. The van der Waals surface area contributed by atoms with Crippen molar-refractivity contribution in [3.63, 3.8) is 0 Å². The Kier molecular flexibility index (Phi) is 10.3. The maximum Gasteiger partial charge on any atom is 0.335 e. The van der Waals surface area contributed by atoms with Crippen LogP contribution < -0.4 is 21.8 Å². The normalized spacial score (nSPS) is 23.0. The van der Waals surface area contributed by atoms with Gasteiger partial charge in [0.25, 0.3) is 0 Å². The molecule has 8 heteroatoms. The molecule has 1 saturated carbocycles. The number of hydrogen-bond acceptors (Lipinski definition) is 4. The van der Waals surface area contributed by atoms with Gasteiger partial charge >= 0.3 is 6.03 Å². The molecule has 0 heterocycles. The maximum atomic E-state index is 11.5. The number of amides is 3. The van der Waals surface area contributed by atoms with E-state index in [1.54, 1.807) is 7.05 Å². The third kappa shape index (κ3) is 8.17. The van der Waals surface area contributed by atoms with Crippen LogP contribution in [0, 0.1) is 18.8 Å². The summed E-state index contributed by atoms with van der Waals surface area (Å²) in [6, 6.07) is -0.786. The van der Waals surface area contributed by atoms with Crippen LogP contribution >= 0.6 is 0 Å². The smallest absolute Gasteiger partial charge is 0.335 e. The predicted octanol–water partition coefficient (Wildman–Crippen LogP) is -0.0173. The minimum absolute atomic E-state index is 0. The van der Waals surface area contributed by atoms with Gasteiger partial charge in [-0.3, -0.25) is 4.79 Å². The van der Waals surface area contributed by atoms with Gasteiger partial charge < -0.3 is 23.3 Å². The summed E-state index contributed by atoms with van der Waals surface area (Å²) in [6.45, 7) is 4.10. The van der Waals surface area contributed by atoms with Gasteiger partial charge in [0, 0.05) is 46.8 Å². The molecule has 0 aliphatic heterocycles. The van der Waals surface area contributed by atoms with Gasteiger partial charge in [-0.15, -0.1) is 0 Å². The fraction of sp³-hybridized carbons (Fsp3) is 0.692. The van der Waals surface area contributed by atoms with Crippen LogP contribution in [-0.4, -0.2) is 37.8 Å². The molecule has 1 fully saturated rings. The van der Waals surface area contributed by atoms with Crippen molar-refractivity contribution in [2.45, 2.75) is 31.7 Å². The summed E-state index contributed by atoms with van der Waals surface area (Å²) in [5.74, 6) is 0.655. The molecule has 1 aliphatic rings. The molecular weight excluding hydrogens is 442 g/mol. The molecule has 0 spiro atoms. The second-order valence-corrected chi connectivity index (χ2v) is 5.10. The Morgan fingerprint density at radius 1 is 1.38 bits per heavy atom. The van der Waals surface area contributed by atoms with Crippen molar-refractivity contribution < 1.29 is 30.7 Å². The Balaban J connectivity index is 0.00000400. The van der Waals surface area contributed by atoms with E-state index >= 15 is 0 Å². The zero-order chi connectivity index (χ0) is 15.0. The zero-order valence-corrected chi connectivity index (χ0v) is 15.2. The summed E-state index contributed by atoms with van der Waals surface area (Å²) in [7, 11) is 1.67. The summed E-state index contributed by atoms with van der Waals surface area (Å²) >= 11 is 0. The Morgan fingerprint density at radius 2 is 2.00 bits per heavy atom. The third-order valence-electron chi connectivity index (χ3n) is 3.45. The van der Waals surface area contributed by atoms with Crippen molar-refractivity contribution in [1.82, 2.24) is 16.1 Å². The fourth-order valence-electron chi connectivity index (χ4n) is 2.30. The van der Waals surface area contributed by atoms with Crippen LogP contribution in [-0.2, 0) is 25.9 Å². The van der Waals surface area contributed by atoms with Crippen molar-refractivity contribution in [2.24, 2.45) is 22.7 Å². The Bertz CT molecular complexity index is 354. The Morgan fingerprint density at radius 3 is 2.52 bits per heavy atom. The molecular formula is C13H24N5O2W-. The first-order valence-electron chi connectivity index (χ1n) is 6.90. The van der Waals surface area contributed by atoms with Crippen LogP contribution in [0.3, 0.4) is 0 Å². The van der Waals surface area contributed by atoms with E-state index in [0.29, 0.717) is 12.5 Å². The monoisotopic (exact) mass is 466 g/mol. The van der Waals surface area contributed by atoms with Crippen molar-refractivity contribution in [1.29, 1.82) is 0 Å². The van der Waals surface area contributed by atoms with E-state index in [-0.39, 0.29) is 38.9 Å². The number of hydrogen-bond donors (Lipinski definition) is 4. The van der Waals surface area contributed by atoms with E-state index in [9.17, 15) is 9.59 Å². The first-order chi connectivity index (χ1) is 9.52. The van der Waals surface area contributed by atoms with Crippen LogP contribution in [0.15, 0.2) is 5.10 Å². The summed E-state index contributed by atoms with van der Waals surface area (Å²) < 4.78 is 0. The van der Waals surface area contributed by atoms with Gasteiger partial charge in [0.1, 0.15) is 0 Å². The molecule has 0 saturated heterocycles. The molecule has 0 unspecified atom stereocenters. The average molecular weight is 466 g/mol. The quantitative estimate of drug-likeness (QED) is 0.260. The molecule has 5 N–H and O–H groups in total. The van der Waals surface area contributed by atoms with Crippen molar-refractivity contribution in [3.8, 4) is 0 Å². The van der Waals surface area contributed by atoms with Gasteiger partial charge in [0.05, 0.1) is 0 Å². The maximum absolute atomic E-state index is 11.5. The molecule has 1 atom stereocenters. The van der Waals surface area contributed by atoms with E-state index in [1.165, 1.54) is 6.21 Å². The first-order valence-corrected chi connectivity index (χ1v) is 6.90. The topological polar surface area (TPSA) is 109 Å². The number of nitrogens with two attached hydrogens (primary N) is 1. The van der Waals surface area contributed by atoms with Crippen LogP contribution in [0.5, 0.6) is 0 Å². The fourth-order valence-corrected chi connectivity index (χ4v) is 2.30. The van der Waals surface area contributed by atoms with E-state index in [0.717, 1.165) is 25.7 Å². The molecule has 7 nitrogen and oxygen atoms in total. The molecule has 3 amide bonds. The van der Waals surface area contributed by atoms with E-state index in [1.807, 2.05) is 0 Å². The first kappa shape index (κ1) is 20.1. The van der Waals surface area contributed by atoms with Crippen LogP contribution in [0.2, 0.25) is 0 Å². The summed E-state index contributed by atoms with van der Waals surface area (Å²) in [6.07, 6.45) is 5.01. The van der Waals surface area contributed by atoms with Gasteiger partial charge in [-0.1, -0.05) is 6.04 Å². The molecule has 0 bridgehead atoms.